The molecule has 3 aliphatic heterocycles. The third-order valence-electron chi connectivity index (χ3n) is 14.7. The smallest absolute Gasteiger partial charge is 0.269 e. The first kappa shape index (κ1) is 50.4. The Morgan fingerprint density at radius 3 is 2.43 bits per heavy atom. The molecule has 1 saturated carbocycles. The molecule has 1 saturated heterocycles. The minimum Gasteiger partial charge on any atom is -0.459 e. The molecule has 0 aromatic heterocycles. The van der Waals surface area contributed by atoms with Crippen LogP contribution in [0.5, 0.6) is 28.7 Å². The first-order chi connectivity index (χ1) is 35.1. The first-order valence-corrected chi connectivity index (χ1v) is 25.3. The Morgan fingerprint density at radius 2 is 1.68 bits per heavy atom. The Bertz CT molecular complexity index is 2680. The summed E-state index contributed by atoms with van der Waals surface area (Å²) in [6.45, 7) is 9.15. The molecule has 2 fully saturated rings. The van der Waals surface area contributed by atoms with E-state index in [9.17, 15) is 20.3 Å². The molecule has 5 aliphatic rings. The quantitative estimate of drug-likeness (QED) is 0.0266. The molecule has 380 valence electrons. The molecule has 2 aliphatic carbocycles. The largest absolute Gasteiger partial charge is 0.459 e. The number of aliphatic hydroxyl groups excluding tert-OH is 2. The molecule has 4 aromatic carbocycles. The number of hydrogen-bond donors (Lipinski definition) is 2. The van der Waals surface area contributed by atoms with E-state index in [1.54, 1.807) is 29.2 Å². The Balaban J connectivity index is 1.24. The zero-order valence-electron chi connectivity index (χ0n) is 41.1. The topological polar surface area (TPSA) is 181 Å². The van der Waals surface area contributed by atoms with Gasteiger partial charge in [0.25, 0.3) is 5.69 Å². The van der Waals surface area contributed by atoms with E-state index in [0.717, 1.165) is 66.4 Å². The zero-order chi connectivity index (χ0) is 50.2. The number of aryl methyl sites for hydroxylation is 2. The third-order valence-corrected chi connectivity index (χ3v) is 14.7. The number of allylic oxidation sites excluding steroid dienone is 1. The summed E-state index contributed by atoms with van der Waals surface area (Å²) < 4.78 is 39.0. The Labute approximate surface area is 420 Å². The second kappa shape index (κ2) is 22.9. The molecule has 2 N–H and O–H groups in total. The van der Waals surface area contributed by atoms with E-state index >= 15 is 4.79 Å². The van der Waals surface area contributed by atoms with E-state index in [-0.39, 0.29) is 68.9 Å². The van der Waals surface area contributed by atoms with Crippen LogP contribution in [-0.2, 0) is 25.7 Å². The van der Waals surface area contributed by atoms with Gasteiger partial charge in [-0.25, -0.2) is 0 Å². The lowest BCUT2D eigenvalue weighted by molar-refractivity contribution is -0.384. The Kier molecular flexibility index (Phi) is 16.0. The van der Waals surface area contributed by atoms with Crippen molar-refractivity contribution in [3.63, 3.8) is 0 Å². The third kappa shape index (κ3) is 10.9. The molecule has 0 bridgehead atoms. The fourth-order valence-corrected chi connectivity index (χ4v) is 11.1. The van der Waals surface area contributed by atoms with Gasteiger partial charge in [-0.3, -0.25) is 14.9 Å². The first-order valence-electron chi connectivity index (χ1n) is 25.3. The van der Waals surface area contributed by atoms with Crippen molar-refractivity contribution >= 4 is 23.4 Å². The molecule has 0 spiro atoms. The number of ether oxygens (including phenoxy) is 6. The van der Waals surface area contributed by atoms with Crippen LogP contribution < -0.4 is 18.9 Å². The number of carbonyl (C=O) groups excluding carboxylic acids is 1. The van der Waals surface area contributed by atoms with Gasteiger partial charge in [-0.15, -0.1) is 6.58 Å². The van der Waals surface area contributed by atoms with E-state index in [2.05, 4.69) is 32.6 Å². The van der Waals surface area contributed by atoms with Crippen LogP contribution in [0.25, 0.3) is 6.08 Å². The average Bonchev–Trinajstić information content (AvgIpc) is 3.87. The highest BCUT2D eigenvalue weighted by Gasteiger charge is 2.65. The highest BCUT2D eigenvalue weighted by atomic mass is 16.8. The Morgan fingerprint density at radius 1 is 0.917 bits per heavy atom. The molecule has 72 heavy (non-hydrogen) atoms. The number of hydrogen-bond acceptors (Lipinski definition) is 13. The number of unbranched alkanes of at least 4 members (excludes halogenated alkanes) is 2. The van der Waals surface area contributed by atoms with Crippen LogP contribution in [0.15, 0.2) is 114 Å². The van der Waals surface area contributed by atoms with Gasteiger partial charge in [-0.1, -0.05) is 42.3 Å². The van der Waals surface area contributed by atoms with Gasteiger partial charge in [0, 0.05) is 62.3 Å². The molecule has 4 aromatic rings. The Hall–Kier alpha value is -6.52. The summed E-state index contributed by atoms with van der Waals surface area (Å²) >= 11 is 0. The summed E-state index contributed by atoms with van der Waals surface area (Å²) in [5, 5.41) is 36.7. The monoisotopic (exact) mass is 983 g/mol. The molecular weight excluding hydrogens is 919 g/mol. The van der Waals surface area contributed by atoms with Crippen LogP contribution in [0, 0.1) is 41.7 Å². The number of aliphatic hydroxyl groups is 2. The molecule has 15 heteroatoms. The fraction of sp³-hybridized carbons (Fsp3) is 0.439. The number of nitro benzene ring substituents is 1. The van der Waals surface area contributed by atoms with E-state index in [1.807, 2.05) is 48.5 Å². The number of nitrogens with zero attached hydrogens (tertiary/aromatic N) is 3. The van der Waals surface area contributed by atoms with E-state index < -0.39 is 29.0 Å². The van der Waals surface area contributed by atoms with Gasteiger partial charge >= 0.3 is 0 Å². The lowest BCUT2D eigenvalue weighted by atomic mass is 9.55. The number of benzene rings is 4. The lowest BCUT2D eigenvalue weighted by Gasteiger charge is -2.60. The number of nitro groups is 1. The van der Waals surface area contributed by atoms with Gasteiger partial charge in [0.05, 0.1) is 29.8 Å². The summed E-state index contributed by atoms with van der Waals surface area (Å²) in [6, 6.07) is 22.7. The second-order valence-electron chi connectivity index (χ2n) is 19.4. The molecule has 3 heterocycles. The summed E-state index contributed by atoms with van der Waals surface area (Å²) in [7, 11) is 0. The van der Waals surface area contributed by atoms with Crippen molar-refractivity contribution in [1.29, 1.82) is 0 Å². The summed E-state index contributed by atoms with van der Waals surface area (Å²) in [4.78, 5) is 34.6. The summed E-state index contributed by atoms with van der Waals surface area (Å²) in [5.74, 6) is 0.297. The number of fused-ring (bicyclic) bond motifs is 3. The number of oxime groups is 1. The van der Waals surface area contributed by atoms with Crippen LogP contribution in [0.4, 0.5) is 5.69 Å². The summed E-state index contributed by atoms with van der Waals surface area (Å²) in [5.41, 5.74) is 6.02. The second-order valence-corrected chi connectivity index (χ2v) is 19.4. The van der Waals surface area contributed by atoms with Crippen LogP contribution in [0.2, 0.25) is 0 Å². The van der Waals surface area contributed by atoms with Crippen LogP contribution >= 0.6 is 0 Å². The molecule has 7 unspecified atom stereocenters. The molecule has 15 nitrogen and oxygen atoms in total. The molecule has 9 rings (SSSR count). The van der Waals surface area contributed by atoms with Crippen molar-refractivity contribution in [3.8, 4) is 28.7 Å². The van der Waals surface area contributed by atoms with Crippen molar-refractivity contribution < 1.29 is 53.2 Å². The maximum Gasteiger partial charge on any atom is 0.269 e. The van der Waals surface area contributed by atoms with E-state index in [4.69, 9.17) is 38.4 Å². The lowest BCUT2D eigenvalue weighted by Crippen LogP contribution is -2.70. The van der Waals surface area contributed by atoms with Crippen LogP contribution in [-0.4, -0.2) is 83.0 Å². The van der Waals surface area contributed by atoms with Gasteiger partial charge in [0.2, 0.25) is 24.8 Å². The minimum atomic E-state index is -1.55. The van der Waals surface area contributed by atoms with Gasteiger partial charge in [0.15, 0.2) is 11.5 Å². The molecular formula is C57H65N3O12. The maximum absolute atomic E-state index is 15.4. The van der Waals surface area contributed by atoms with Crippen LogP contribution in [0.3, 0.4) is 0 Å². The normalized spacial score (nSPS) is 24.4. The van der Waals surface area contributed by atoms with Crippen molar-refractivity contribution in [3.05, 3.63) is 147 Å². The highest BCUT2D eigenvalue weighted by molar-refractivity contribution is 6.03. The molecule has 0 radical (unpaired) electrons. The predicted octanol–water partition coefficient (Wildman–Crippen LogP) is 10.6. The zero-order valence-corrected chi connectivity index (χ0v) is 41.1. The van der Waals surface area contributed by atoms with Gasteiger partial charge < -0.3 is 48.4 Å². The van der Waals surface area contributed by atoms with Gasteiger partial charge in [-0.05, 0) is 153 Å². The van der Waals surface area contributed by atoms with Crippen LogP contribution in [0.1, 0.15) is 97.9 Å². The fourth-order valence-electron chi connectivity index (χ4n) is 11.1. The maximum atomic E-state index is 15.4. The summed E-state index contributed by atoms with van der Waals surface area (Å²) in [6.07, 6.45) is 13.6. The van der Waals surface area contributed by atoms with E-state index in [0.29, 0.717) is 65.9 Å². The SMILES string of the molecule is C=CCOC12Oc3ccc(Oc4ccc(C)c(C)c4)cc3C3C(CCCCO)C(CCCCO)C=C(C(=NOC4CCCCO4)CC1N(Cc1ccc4c(c1)OCO4)C(=O)C=Cc1ccc([N+](=O)[O-])cc1)C32. The van der Waals surface area contributed by atoms with Crippen molar-refractivity contribution in [2.24, 2.45) is 22.9 Å². The number of carbonyl (C=O) groups is 1. The van der Waals surface area contributed by atoms with E-state index in [1.165, 1.54) is 18.2 Å². The van der Waals surface area contributed by atoms with Gasteiger partial charge in [-0.2, -0.15) is 0 Å². The van der Waals surface area contributed by atoms with Crippen molar-refractivity contribution in [2.75, 3.05) is 33.2 Å². The van der Waals surface area contributed by atoms with Gasteiger partial charge in [0.1, 0.15) is 23.3 Å². The van der Waals surface area contributed by atoms with Crippen molar-refractivity contribution in [1.82, 2.24) is 4.90 Å². The molecule has 1 amide bonds. The highest BCUT2D eigenvalue weighted by Crippen LogP contribution is 2.62. The molecule has 7 atom stereocenters. The predicted molar refractivity (Wildman–Crippen MR) is 271 cm³/mol. The number of rotatable bonds is 21. The minimum absolute atomic E-state index is 0.0159. The number of amides is 1. The van der Waals surface area contributed by atoms with Crippen molar-refractivity contribution in [2.45, 2.75) is 109 Å². The average molecular weight is 984 g/mol. The number of non-ortho nitro benzene ring substituents is 1. The standard InChI is InChI=1S/C57H65N3O12/c1-4-28-69-57-52(59(35-40-17-23-50-51(31-40)68-36-67-50)53(63)25-18-39-15-19-42(20-16-39)60(64)65)34-48(58-72-54-13-7-10-29-66-54)46-32-41(11-5-8-26-61)45(12-6-9-27-62)55(56(46)57)47-33-44(22-24-49(47)71-57)70-43-21-14-37(2)38(3)30-43/h4,14-25,30-33,41,45,52,54-56,61-62H,1,5-13,26-29,34-36H2,2-3H3.